The van der Waals surface area contributed by atoms with Crippen molar-refractivity contribution >= 4 is 11.6 Å². The molecule has 2 aliphatic rings. The molecule has 0 amide bonds. The van der Waals surface area contributed by atoms with E-state index in [4.69, 9.17) is 21.1 Å². The number of aliphatic hydroxyl groups excluding tert-OH is 1. The Balaban J connectivity index is 1.72. The van der Waals surface area contributed by atoms with Gasteiger partial charge in [-0.3, -0.25) is 4.90 Å². The number of fused-ring (bicyclic) bond motifs is 1. The fraction of sp³-hybridized carbons (Fsp3) is 0.571. The first-order valence-corrected chi connectivity index (χ1v) is 6.99. The normalized spacial score (nSPS) is 26.7. The summed E-state index contributed by atoms with van der Waals surface area (Å²) >= 11 is 6.18. The van der Waals surface area contributed by atoms with Crippen molar-refractivity contribution in [2.75, 3.05) is 19.9 Å². The highest BCUT2D eigenvalue weighted by molar-refractivity contribution is 6.32. The summed E-state index contributed by atoms with van der Waals surface area (Å²) < 4.78 is 10.7. The van der Waals surface area contributed by atoms with Crippen LogP contribution in [-0.4, -0.2) is 36.0 Å². The van der Waals surface area contributed by atoms with E-state index in [-0.39, 0.29) is 12.9 Å². The second kappa shape index (κ2) is 5.19. The van der Waals surface area contributed by atoms with E-state index in [1.165, 1.54) is 0 Å². The molecule has 2 aliphatic heterocycles. The van der Waals surface area contributed by atoms with Crippen LogP contribution in [0.3, 0.4) is 0 Å². The van der Waals surface area contributed by atoms with E-state index in [2.05, 4.69) is 11.8 Å². The molecule has 0 radical (unpaired) electrons. The van der Waals surface area contributed by atoms with Gasteiger partial charge in [0.2, 0.25) is 6.79 Å². The molecule has 1 aromatic carbocycles. The van der Waals surface area contributed by atoms with Crippen molar-refractivity contribution in [3.63, 3.8) is 0 Å². The van der Waals surface area contributed by atoms with Crippen LogP contribution in [0.15, 0.2) is 12.1 Å². The van der Waals surface area contributed by atoms with Gasteiger partial charge >= 0.3 is 0 Å². The number of piperidine rings is 1. The molecule has 4 nitrogen and oxygen atoms in total. The number of hydrogen-bond donors (Lipinski definition) is 1. The number of aliphatic hydroxyl groups is 1. The van der Waals surface area contributed by atoms with Crippen LogP contribution in [0, 0.1) is 5.92 Å². The highest BCUT2D eigenvalue weighted by Crippen LogP contribution is 2.40. The van der Waals surface area contributed by atoms with E-state index >= 15 is 0 Å². The Labute approximate surface area is 117 Å². The summed E-state index contributed by atoms with van der Waals surface area (Å²) in [6, 6.07) is 3.93. The van der Waals surface area contributed by atoms with Gasteiger partial charge in [0.1, 0.15) is 0 Å². The average Bonchev–Trinajstić information content (AvgIpc) is 2.82. The zero-order chi connectivity index (χ0) is 13.4. The summed E-state index contributed by atoms with van der Waals surface area (Å²) in [4.78, 5) is 2.34. The maximum absolute atomic E-state index is 9.75. The molecule has 5 heteroatoms. The largest absolute Gasteiger partial charge is 0.454 e. The Morgan fingerprint density at radius 3 is 3.05 bits per heavy atom. The SMILES string of the molecule is CC1CN(Cc2cc(Cl)c3c(c2)OCO3)CCC1O. The van der Waals surface area contributed by atoms with Crippen LogP contribution in [0.5, 0.6) is 11.5 Å². The van der Waals surface area contributed by atoms with Crippen molar-refractivity contribution in [1.82, 2.24) is 4.90 Å². The van der Waals surface area contributed by atoms with Crippen LogP contribution >= 0.6 is 11.6 Å². The molecule has 1 aromatic rings. The molecule has 1 fully saturated rings. The minimum absolute atomic E-state index is 0.170. The predicted molar refractivity (Wildman–Crippen MR) is 72.6 cm³/mol. The third-order valence-electron chi connectivity index (χ3n) is 3.84. The lowest BCUT2D eigenvalue weighted by atomic mass is 9.96. The van der Waals surface area contributed by atoms with Crippen molar-refractivity contribution in [1.29, 1.82) is 0 Å². The quantitative estimate of drug-likeness (QED) is 0.904. The molecule has 104 valence electrons. The fourth-order valence-electron chi connectivity index (χ4n) is 2.73. The van der Waals surface area contributed by atoms with E-state index in [9.17, 15) is 5.11 Å². The smallest absolute Gasteiger partial charge is 0.231 e. The van der Waals surface area contributed by atoms with Crippen LogP contribution in [0.1, 0.15) is 18.9 Å². The van der Waals surface area contributed by atoms with E-state index < -0.39 is 0 Å². The molecule has 0 bridgehead atoms. The summed E-state index contributed by atoms with van der Waals surface area (Å²) in [6.07, 6.45) is 0.663. The molecular weight excluding hydrogens is 266 g/mol. The van der Waals surface area contributed by atoms with Crippen LogP contribution in [0.4, 0.5) is 0 Å². The number of likely N-dealkylation sites (tertiary alicyclic amines) is 1. The van der Waals surface area contributed by atoms with E-state index in [1.54, 1.807) is 0 Å². The van der Waals surface area contributed by atoms with Crippen molar-refractivity contribution in [2.24, 2.45) is 5.92 Å². The van der Waals surface area contributed by atoms with Gasteiger partial charge in [0.05, 0.1) is 11.1 Å². The van der Waals surface area contributed by atoms with Gasteiger partial charge in [-0.15, -0.1) is 0 Å². The minimum Gasteiger partial charge on any atom is -0.454 e. The Morgan fingerprint density at radius 1 is 1.42 bits per heavy atom. The molecule has 1 N–H and O–H groups in total. The molecule has 0 aliphatic carbocycles. The third-order valence-corrected chi connectivity index (χ3v) is 4.12. The zero-order valence-corrected chi connectivity index (χ0v) is 11.7. The summed E-state index contributed by atoms with van der Waals surface area (Å²) in [5.74, 6) is 1.69. The van der Waals surface area contributed by atoms with Gasteiger partial charge in [0, 0.05) is 19.6 Å². The van der Waals surface area contributed by atoms with Crippen molar-refractivity contribution in [3.05, 3.63) is 22.7 Å². The molecule has 0 aromatic heterocycles. The number of rotatable bonds is 2. The number of ether oxygens (including phenoxy) is 2. The second-order valence-corrected chi connectivity index (χ2v) is 5.79. The van der Waals surface area contributed by atoms with E-state index in [0.29, 0.717) is 16.7 Å². The lowest BCUT2D eigenvalue weighted by Gasteiger charge is -2.34. The Hall–Kier alpha value is -0.970. The molecule has 3 rings (SSSR count). The fourth-order valence-corrected chi connectivity index (χ4v) is 3.02. The molecule has 2 atom stereocenters. The van der Waals surface area contributed by atoms with Gasteiger partial charge in [-0.25, -0.2) is 0 Å². The molecule has 1 saturated heterocycles. The molecule has 2 heterocycles. The second-order valence-electron chi connectivity index (χ2n) is 5.38. The molecular formula is C14H18ClNO3. The molecule has 2 unspecified atom stereocenters. The van der Waals surface area contributed by atoms with Crippen LogP contribution in [0.25, 0.3) is 0 Å². The average molecular weight is 284 g/mol. The monoisotopic (exact) mass is 283 g/mol. The zero-order valence-electron chi connectivity index (χ0n) is 10.9. The highest BCUT2D eigenvalue weighted by Gasteiger charge is 2.25. The summed E-state index contributed by atoms with van der Waals surface area (Å²) in [5, 5.41) is 10.4. The number of halogens is 1. The van der Waals surface area contributed by atoms with Crippen LogP contribution in [-0.2, 0) is 6.54 Å². The Morgan fingerprint density at radius 2 is 2.26 bits per heavy atom. The lowest BCUT2D eigenvalue weighted by Crippen LogP contribution is -2.41. The molecule has 0 saturated carbocycles. The summed E-state index contributed by atoms with van der Waals surface area (Å²) in [5.41, 5.74) is 1.12. The number of nitrogens with zero attached hydrogens (tertiary/aromatic N) is 1. The number of benzene rings is 1. The molecule has 0 spiro atoms. The van der Waals surface area contributed by atoms with Gasteiger partial charge < -0.3 is 14.6 Å². The predicted octanol–water partition coefficient (Wildman–Crippen LogP) is 2.27. The van der Waals surface area contributed by atoms with Crippen molar-refractivity contribution in [3.8, 4) is 11.5 Å². The van der Waals surface area contributed by atoms with Crippen LogP contribution in [0.2, 0.25) is 5.02 Å². The van der Waals surface area contributed by atoms with Crippen molar-refractivity contribution < 1.29 is 14.6 Å². The third kappa shape index (κ3) is 2.66. The Bertz CT molecular complexity index is 480. The van der Waals surface area contributed by atoms with Crippen molar-refractivity contribution in [2.45, 2.75) is 26.0 Å². The van der Waals surface area contributed by atoms with Gasteiger partial charge in [-0.2, -0.15) is 0 Å². The first-order chi connectivity index (χ1) is 9.13. The minimum atomic E-state index is -0.170. The van der Waals surface area contributed by atoms with Gasteiger partial charge in [-0.1, -0.05) is 18.5 Å². The van der Waals surface area contributed by atoms with E-state index in [0.717, 1.165) is 37.4 Å². The first-order valence-electron chi connectivity index (χ1n) is 6.62. The highest BCUT2D eigenvalue weighted by atomic mass is 35.5. The summed E-state index contributed by atoms with van der Waals surface area (Å²) in [6.45, 7) is 4.98. The van der Waals surface area contributed by atoms with Gasteiger partial charge in [0.15, 0.2) is 11.5 Å². The maximum Gasteiger partial charge on any atom is 0.231 e. The van der Waals surface area contributed by atoms with Gasteiger partial charge in [-0.05, 0) is 30.0 Å². The first kappa shape index (κ1) is 13.0. The lowest BCUT2D eigenvalue weighted by molar-refractivity contribution is 0.0320. The van der Waals surface area contributed by atoms with Gasteiger partial charge in [0.25, 0.3) is 0 Å². The number of hydrogen-bond acceptors (Lipinski definition) is 4. The topological polar surface area (TPSA) is 41.9 Å². The Kier molecular flexibility index (Phi) is 3.56. The summed E-state index contributed by atoms with van der Waals surface area (Å²) in [7, 11) is 0. The standard InChI is InChI=1S/C14H18ClNO3/c1-9-6-16(3-2-12(9)17)7-10-4-11(15)14-13(5-10)18-8-19-14/h4-5,9,12,17H,2-3,6-8H2,1H3. The van der Waals surface area contributed by atoms with E-state index in [1.807, 2.05) is 12.1 Å². The molecule has 19 heavy (non-hydrogen) atoms. The maximum atomic E-state index is 9.75. The van der Waals surface area contributed by atoms with Crippen LogP contribution < -0.4 is 9.47 Å².